The maximum absolute atomic E-state index is 8.74. The maximum Gasteiger partial charge on any atom is 0.394 e. The van der Waals surface area contributed by atoms with Crippen molar-refractivity contribution in [2.45, 2.75) is 0 Å². The molecule has 0 heterocycles. The van der Waals surface area contributed by atoms with Gasteiger partial charge in [0.05, 0.1) is 0 Å². The minimum atomic E-state index is -4.67. The van der Waals surface area contributed by atoms with E-state index in [0.717, 1.165) is 0 Å². The largest absolute Gasteiger partial charge is 0.394 e. The average molecular weight is 532 g/mol. The van der Waals surface area contributed by atoms with Crippen LogP contribution in [0, 0.1) is 41.7 Å². The fourth-order valence-electron chi connectivity index (χ4n) is 0. The molecule has 0 aromatic rings. The second-order valence-electron chi connectivity index (χ2n) is 1.79. The Balaban J connectivity index is -0.0000000533. The molecule has 0 aliphatic heterocycles. The van der Waals surface area contributed by atoms with Gasteiger partial charge in [0.25, 0.3) is 0 Å². The molecular weight excluding hydrogens is 524 g/mol. The Hall–Kier alpha value is 0.857. The standard InChI is InChI=1S/Ce.4H2O4S/c;4*1-5(2,3)4/h;4*(H2,1,2,3,4). The molecule has 21 heteroatoms. The van der Waals surface area contributed by atoms with Crippen LogP contribution in [0.25, 0.3) is 0 Å². The molecule has 0 spiro atoms. The third-order valence-electron chi connectivity index (χ3n) is 0. The Morgan fingerprint density at radius 3 is 0.333 bits per heavy atom. The van der Waals surface area contributed by atoms with Crippen molar-refractivity contribution >= 4 is 41.6 Å². The molecule has 0 aliphatic rings. The molecule has 0 amide bonds. The minimum Gasteiger partial charge on any atom is -0.264 e. The summed E-state index contributed by atoms with van der Waals surface area (Å²) in [5.41, 5.74) is 0. The van der Waals surface area contributed by atoms with E-state index in [0.29, 0.717) is 0 Å². The molecule has 0 unspecified atom stereocenters. The summed E-state index contributed by atoms with van der Waals surface area (Å²) < 4.78 is 126. The van der Waals surface area contributed by atoms with Gasteiger partial charge in [-0.15, -0.1) is 0 Å². The fourth-order valence-corrected chi connectivity index (χ4v) is 0. The summed E-state index contributed by atoms with van der Waals surface area (Å²) in [6.45, 7) is 0. The summed E-state index contributed by atoms with van der Waals surface area (Å²) >= 11 is 0. The van der Waals surface area contributed by atoms with Gasteiger partial charge in [-0.05, 0) is 0 Å². The monoisotopic (exact) mass is 532 g/mol. The van der Waals surface area contributed by atoms with Gasteiger partial charge in [0, 0.05) is 41.7 Å². The van der Waals surface area contributed by atoms with Crippen LogP contribution in [0.2, 0.25) is 0 Å². The molecule has 0 saturated carbocycles. The van der Waals surface area contributed by atoms with Gasteiger partial charge in [-0.25, -0.2) is 0 Å². The Morgan fingerprint density at radius 1 is 0.333 bits per heavy atom. The summed E-state index contributed by atoms with van der Waals surface area (Å²) in [6, 6.07) is 0. The zero-order valence-corrected chi connectivity index (χ0v) is 15.4. The normalized spacial score (nSPS) is 11.0. The summed E-state index contributed by atoms with van der Waals surface area (Å²) in [5.74, 6) is 0. The summed E-state index contributed by atoms with van der Waals surface area (Å²) in [5, 5.41) is 0. The zero-order chi connectivity index (χ0) is 18.0. The Labute approximate surface area is 152 Å². The number of hydrogen-bond donors (Lipinski definition) is 8. The van der Waals surface area contributed by atoms with Crippen molar-refractivity contribution in [1.82, 2.24) is 0 Å². The van der Waals surface area contributed by atoms with Crippen LogP contribution in [0.3, 0.4) is 0 Å². The second kappa shape index (κ2) is 13.3. The molecular formula is H8CeO16S4. The third-order valence-corrected chi connectivity index (χ3v) is 0. The first kappa shape index (κ1) is 33.5. The van der Waals surface area contributed by atoms with Gasteiger partial charge in [-0.2, -0.15) is 33.7 Å². The van der Waals surface area contributed by atoms with E-state index in [1.165, 1.54) is 0 Å². The molecule has 0 saturated heterocycles. The summed E-state index contributed by atoms with van der Waals surface area (Å²) in [4.78, 5) is 0. The van der Waals surface area contributed by atoms with Crippen LogP contribution in [0.15, 0.2) is 0 Å². The molecule has 132 valence electrons. The van der Waals surface area contributed by atoms with Crippen LogP contribution in [0.1, 0.15) is 0 Å². The van der Waals surface area contributed by atoms with Crippen LogP contribution in [-0.2, 0) is 41.6 Å². The molecule has 0 atom stereocenters. The van der Waals surface area contributed by atoms with Crippen LogP contribution in [0.4, 0.5) is 0 Å². The van der Waals surface area contributed by atoms with Crippen LogP contribution in [-0.4, -0.2) is 70.1 Å². The second-order valence-corrected chi connectivity index (χ2v) is 5.37. The Kier molecular flexibility index (Phi) is 21.2. The summed E-state index contributed by atoms with van der Waals surface area (Å²) in [7, 11) is -18.7. The van der Waals surface area contributed by atoms with E-state index < -0.39 is 41.6 Å². The molecule has 16 nitrogen and oxygen atoms in total. The van der Waals surface area contributed by atoms with E-state index in [-0.39, 0.29) is 41.7 Å². The van der Waals surface area contributed by atoms with Crippen molar-refractivity contribution < 1.29 is 112 Å². The molecule has 0 aromatic heterocycles. The minimum absolute atomic E-state index is 0. The van der Waals surface area contributed by atoms with Crippen LogP contribution >= 0.6 is 0 Å². The predicted molar refractivity (Wildman–Crippen MR) is 56.7 cm³/mol. The average Bonchev–Trinajstić information content (AvgIpc) is 1.62. The Bertz CT molecular complexity index is 473. The van der Waals surface area contributed by atoms with Gasteiger partial charge in [0.1, 0.15) is 0 Å². The topological polar surface area (TPSA) is 298 Å². The molecule has 0 radical (unpaired) electrons. The first-order valence-electron chi connectivity index (χ1n) is 2.79. The molecule has 0 fully saturated rings. The third kappa shape index (κ3) is 10100. The maximum atomic E-state index is 8.74. The zero-order valence-electron chi connectivity index (χ0n) is 8.98. The number of hydrogen-bond acceptors (Lipinski definition) is 8. The molecule has 0 rings (SSSR count). The van der Waals surface area contributed by atoms with Crippen LogP contribution in [0.5, 0.6) is 0 Å². The predicted octanol–water partition coefficient (Wildman–Crippen LogP) is -2.61. The molecule has 8 N–H and O–H groups in total. The van der Waals surface area contributed by atoms with E-state index in [1.54, 1.807) is 0 Å². The van der Waals surface area contributed by atoms with Crippen molar-refractivity contribution in [3.05, 3.63) is 0 Å². The first-order valence-corrected chi connectivity index (χ1v) is 8.38. The SMILES string of the molecule is O=S(=O)(O)O.O=S(=O)(O)O.O=S(=O)(O)O.O=S(=O)(O)O.[Ce]. The fraction of sp³-hybridized carbons (Fsp3) is 0. The van der Waals surface area contributed by atoms with Crippen molar-refractivity contribution in [3.63, 3.8) is 0 Å². The first-order chi connectivity index (χ1) is 8.00. The quantitative estimate of drug-likeness (QED) is 0.148. The van der Waals surface area contributed by atoms with E-state index in [2.05, 4.69) is 0 Å². The van der Waals surface area contributed by atoms with Crippen molar-refractivity contribution in [1.29, 1.82) is 0 Å². The van der Waals surface area contributed by atoms with Gasteiger partial charge < -0.3 is 0 Å². The molecule has 0 bridgehead atoms. The van der Waals surface area contributed by atoms with Gasteiger partial charge in [0.2, 0.25) is 0 Å². The van der Waals surface area contributed by atoms with E-state index in [9.17, 15) is 0 Å². The molecule has 0 aromatic carbocycles. The summed E-state index contributed by atoms with van der Waals surface area (Å²) in [6.07, 6.45) is 0. The van der Waals surface area contributed by atoms with Crippen molar-refractivity contribution in [2.24, 2.45) is 0 Å². The van der Waals surface area contributed by atoms with E-state index in [1.807, 2.05) is 0 Å². The van der Waals surface area contributed by atoms with Gasteiger partial charge in [-0.1, -0.05) is 0 Å². The molecule has 21 heavy (non-hydrogen) atoms. The Morgan fingerprint density at radius 2 is 0.333 bits per heavy atom. The van der Waals surface area contributed by atoms with E-state index in [4.69, 9.17) is 70.1 Å². The van der Waals surface area contributed by atoms with Gasteiger partial charge in [-0.3, -0.25) is 36.4 Å². The van der Waals surface area contributed by atoms with Crippen molar-refractivity contribution in [2.75, 3.05) is 0 Å². The van der Waals surface area contributed by atoms with Crippen LogP contribution < -0.4 is 0 Å². The van der Waals surface area contributed by atoms with Gasteiger partial charge >= 0.3 is 41.6 Å². The van der Waals surface area contributed by atoms with Gasteiger partial charge in [0.15, 0.2) is 0 Å². The molecule has 0 aliphatic carbocycles. The van der Waals surface area contributed by atoms with Crippen molar-refractivity contribution in [3.8, 4) is 0 Å². The smallest absolute Gasteiger partial charge is 0.264 e. The number of rotatable bonds is 0. The van der Waals surface area contributed by atoms with E-state index >= 15 is 0 Å².